The maximum absolute atomic E-state index is 15.4. The molecule has 0 amide bonds. The van der Waals surface area contributed by atoms with Gasteiger partial charge >= 0.3 is 5.97 Å². The molecule has 0 aliphatic heterocycles. The van der Waals surface area contributed by atoms with Crippen molar-refractivity contribution in [2.24, 2.45) is 0 Å². The number of hydrogen-bond acceptors (Lipinski definition) is 4. The first-order valence-corrected chi connectivity index (χ1v) is 18.4. The first kappa shape index (κ1) is 50.9. The number of aliphatic hydroxyl groups excluding tert-OH is 1. The Bertz CT molecular complexity index is 2880. The van der Waals surface area contributed by atoms with E-state index in [-0.39, 0.29) is 18.0 Å². The van der Waals surface area contributed by atoms with Crippen LogP contribution in [0.1, 0.15) is 20.8 Å². The van der Waals surface area contributed by atoms with Gasteiger partial charge in [-0.15, -0.1) is 21.9 Å². The predicted octanol–water partition coefficient (Wildman–Crippen LogP) is 7.96. The van der Waals surface area contributed by atoms with E-state index in [0.717, 1.165) is 5.39 Å². The number of hydrogen-bond donors (Lipinski definition) is 1. The van der Waals surface area contributed by atoms with E-state index in [0.29, 0.717) is 10.9 Å². The Morgan fingerprint density at radius 1 is 0.420 bits per heavy atom. The highest BCUT2D eigenvalue weighted by Gasteiger charge is 2.52. The number of carbonyl (C=O) groups is 2. The quantitative estimate of drug-likeness (QED) is 0.0233. The van der Waals surface area contributed by atoms with Gasteiger partial charge in [0, 0.05) is 11.6 Å². The van der Waals surface area contributed by atoms with Gasteiger partial charge in [-0.1, -0.05) is 48.5 Å². The van der Waals surface area contributed by atoms with Crippen LogP contribution in [0.2, 0.25) is 0 Å². The SMILES string of the molecule is Fc1c(F)c(F)c([B-](c2c(F)c(F)c(F)c(F)c2F)(c2c(F)c(F)c(F)c(F)c2F)c2c(F)c(F)c(F)c(F)c2F)c(F)c1F.O=C(C[n+]1ccc2ccccc2c1C(=O)OCO)c1ccccc1. The summed E-state index contributed by atoms with van der Waals surface area (Å²) in [4.78, 5) is 24.7. The summed E-state index contributed by atoms with van der Waals surface area (Å²) in [5.41, 5.74) is -13.5. The molecule has 5 nitrogen and oxygen atoms in total. The van der Waals surface area contributed by atoms with E-state index in [9.17, 15) is 62.3 Å². The van der Waals surface area contributed by atoms with Gasteiger partial charge in [0.1, 0.15) is 52.7 Å². The molecule has 0 atom stereocenters. The Morgan fingerprint density at radius 2 is 0.725 bits per heavy atom. The first-order chi connectivity index (χ1) is 32.4. The molecule has 1 heterocycles. The number of nitrogens with zero attached hydrogens (tertiary/aromatic N) is 1. The van der Waals surface area contributed by atoms with E-state index in [1.807, 2.05) is 24.3 Å². The maximum atomic E-state index is 15.4. The number of ketones is 1. The number of ether oxygens (including phenoxy) is 1. The van der Waals surface area contributed by atoms with Crippen LogP contribution in [-0.4, -0.2) is 29.8 Å². The van der Waals surface area contributed by atoms with Crippen LogP contribution in [0.15, 0.2) is 66.9 Å². The molecule has 1 N–H and O–H groups in total. The molecule has 0 bridgehead atoms. The molecule has 0 spiro atoms. The third-order valence-corrected chi connectivity index (χ3v) is 10.4. The van der Waals surface area contributed by atoms with E-state index < -0.39 is 157 Å². The summed E-state index contributed by atoms with van der Waals surface area (Å²) in [5, 5.41) is 10.4. The van der Waals surface area contributed by atoms with Crippen molar-refractivity contribution in [3.63, 3.8) is 0 Å². The van der Waals surface area contributed by atoms with Gasteiger partial charge in [-0.05, 0) is 11.5 Å². The number of halogens is 20. The lowest BCUT2D eigenvalue weighted by Gasteiger charge is -2.44. The fraction of sp³-hybridized carbons (Fsp3) is 0.0465. The van der Waals surface area contributed by atoms with Crippen LogP contribution in [-0.2, 0) is 11.3 Å². The van der Waals surface area contributed by atoms with E-state index in [2.05, 4.69) is 0 Å². The van der Waals surface area contributed by atoms with E-state index in [1.54, 1.807) is 47.2 Å². The summed E-state index contributed by atoms with van der Waals surface area (Å²) in [5.74, 6) is -72.2. The van der Waals surface area contributed by atoms with Gasteiger partial charge in [-0.25, -0.2) is 92.6 Å². The number of pyridine rings is 1. The van der Waals surface area contributed by atoms with E-state index in [1.165, 1.54) is 0 Å². The Hall–Kier alpha value is -7.51. The van der Waals surface area contributed by atoms with Crippen molar-refractivity contribution in [3.05, 3.63) is 194 Å². The number of benzene rings is 6. The Morgan fingerprint density at radius 3 is 1.06 bits per heavy atom. The lowest BCUT2D eigenvalue weighted by atomic mass is 9.12. The molecule has 7 rings (SSSR count). The molecule has 1 aromatic heterocycles. The molecule has 0 saturated heterocycles. The number of rotatable bonds is 9. The largest absolute Gasteiger partial charge is 0.431 e. The van der Waals surface area contributed by atoms with Crippen molar-refractivity contribution in [2.75, 3.05) is 6.79 Å². The number of esters is 1. The standard InChI is InChI=1S/C24BF20.C19H16NO4/c26-5-1(6(27)14(35)21(42)13(5)34)25(2-7(28)15(36)22(43)16(37)8(2)29,3-9(30)17(38)23(44)18(39)10(3)31)4-11(32)19(40)24(45)20(41)12(4)33;21-13-24-19(23)18-16-9-5-4-6-14(16)10-11-20(18)12-17(22)15-7-2-1-3-8-15/h;1-11,21H,12-13H2/q-1;+1. The minimum atomic E-state index is -7.22. The smallest absolute Gasteiger partial charge is 0.406 e. The van der Waals surface area contributed by atoms with Gasteiger partial charge in [-0.3, -0.25) is 4.79 Å². The average Bonchev–Trinajstić information content (AvgIpc) is 3.34. The highest BCUT2D eigenvalue weighted by atomic mass is 19.2. The van der Waals surface area contributed by atoms with Crippen LogP contribution < -0.4 is 26.4 Å². The second-order valence-corrected chi connectivity index (χ2v) is 14.0. The molecule has 0 unspecified atom stereocenters. The Kier molecular flexibility index (Phi) is 14.2. The van der Waals surface area contributed by atoms with Crippen molar-refractivity contribution in [1.82, 2.24) is 0 Å². The summed E-state index contributed by atoms with van der Waals surface area (Å²) >= 11 is 0. The van der Waals surface area contributed by atoms with Crippen LogP contribution in [0, 0.1) is 116 Å². The predicted molar refractivity (Wildman–Crippen MR) is 197 cm³/mol. The number of Topliss-reactive ketones (excluding diaryl/α,β-unsaturated/α-hetero) is 1. The summed E-state index contributed by atoms with van der Waals surface area (Å²) < 4.78 is 300. The van der Waals surface area contributed by atoms with Gasteiger partial charge in [0.2, 0.25) is 12.3 Å². The van der Waals surface area contributed by atoms with Gasteiger partial charge < -0.3 is 9.84 Å². The van der Waals surface area contributed by atoms with Crippen molar-refractivity contribution in [2.45, 2.75) is 6.54 Å². The second-order valence-electron chi connectivity index (χ2n) is 14.0. The molecule has 69 heavy (non-hydrogen) atoms. The molecule has 6 aromatic carbocycles. The highest BCUT2D eigenvalue weighted by Crippen LogP contribution is 2.31. The second kappa shape index (κ2) is 19.2. The van der Waals surface area contributed by atoms with Crippen molar-refractivity contribution >= 4 is 50.5 Å². The molecular formula is C43H16BF20NO4. The maximum Gasteiger partial charge on any atom is 0.406 e. The van der Waals surface area contributed by atoms with Crippen molar-refractivity contribution < 1.29 is 112 Å². The lowest BCUT2D eigenvalue weighted by molar-refractivity contribution is -0.684. The molecule has 7 aromatic rings. The molecule has 0 fully saturated rings. The summed E-state index contributed by atoms with van der Waals surface area (Å²) in [6.45, 7) is -0.709. The third kappa shape index (κ3) is 8.14. The van der Waals surface area contributed by atoms with Crippen LogP contribution >= 0.6 is 0 Å². The minimum Gasteiger partial charge on any atom is -0.431 e. The normalized spacial score (nSPS) is 11.5. The fourth-order valence-electron chi connectivity index (χ4n) is 7.49. The minimum absolute atomic E-state index is 0.00467. The van der Waals surface area contributed by atoms with Crippen LogP contribution in [0.5, 0.6) is 0 Å². The number of carbonyl (C=O) groups excluding carboxylic acids is 2. The fourth-order valence-corrected chi connectivity index (χ4v) is 7.49. The summed E-state index contributed by atoms with van der Waals surface area (Å²) in [6, 6.07) is 18.0. The number of fused-ring (bicyclic) bond motifs is 1. The van der Waals surface area contributed by atoms with Gasteiger partial charge in [0.15, 0.2) is 82.8 Å². The number of aliphatic hydroxyl groups is 1. The Balaban J connectivity index is 0.000000273. The Labute approximate surface area is 369 Å². The average molecular weight is 1000 g/mol. The summed E-state index contributed by atoms with van der Waals surface area (Å²) in [6.07, 6.45) is -5.54. The van der Waals surface area contributed by atoms with Crippen molar-refractivity contribution in [3.8, 4) is 0 Å². The first-order valence-electron chi connectivity index (χ1n) is 18.4. The molecule has 0 saturated carbocycles. The van der Waals surface area contributed by atoms with Crippen LogP contribution in [0.25, 0.3) is 10.8 Å². The molecule has 26 heteroatoms. The summed E-state index contributed by atoms with van der Waals surface area (Å²) in [7, 11) is 0. The highest BCUT2D eigenvalue weighted by molar-refractivity contribution is 7.20. The zero-order valence-electron chi connectivity index (χ0n) is 33.0. The molecular weight excluding hydrogens is 985 g/mol. The third-order valence-electron chi connectivity index (χ3n) is 10.4. The zero-order chi connectivity index (χ0) is 51.3. The molecule has 0 aliphatic carbocycles. The monoisotopic (exact) mass is 1000 g/mol. The van der Waals surface area contributed by atoms with Crippen LogP contribution in [0.4, 0.5) is 87.8 Å². The number of aromatic nitrogens is 1. The van der Waals surface area contributed by atoms with Gasteiger partial charge in [0.05, 0.1) is 5.39 Å². The molecule has 360 valence electrons. The van der Waals surface area contributed by atoms with Crippen LogP contribution in [0.3, 0.4) is 0 Å². The molecule has 0 aliphatic rings. The van der Waals surface area contributed by atoms with E-state index >= 15 is 35.1 Å². The van der Waals surface area contributed by atoms with Crippen molar-refractivity contribution in [1.29, 1.82) is 0 Å². The molecule has 0 radical (unpaired) electrons. The van der Waals surface area contributed by atoms with Gasteiger partial charge in [0.25, 0.3) is 5.69 Å². The zero-order valence-corrected chi connectivity index (χ0v) is 33.0. The van der Waals surface area contributed by atoms with Gasteiger partial charge in [-0.2, -0.15) is 4.57 Å². The van der Waals surface area contributed by atoms with E-state index in [4.69, 9.17) is 9.84 Å². The lowest BCUT2D eigenvalue weighted by Crippen LogP contribution is -2.81. The topological polar surface area (TPSA) is 67.5 Å².